The van der Waals surface area contributed by atoms with Crippen molar-refractivity contribution in [1.29, 1.82) is 0 Å². The molecule has 0 spiro atoms. The van der Waals surface area contributed by atoms with Gasteiger partial charge < -0.3 is 4.42 Å². The van der Waals surface area contributed by atoms with Crippen molar-refractivity contribution in [2.24, 2.45) is 0 Å². The predicted molar refractivity (Wildman–Crippen MR) is 94.9 cm³/mol. The number of hydrogen-bond acceptors (Lipinski definition) is 6. The third-order valence-electron chi connectivity index (χ3n) is 3.54. The highest BCUT2D eigenvalue weighted by molar-refractivity contribution is 7.98. The molecule has 0 aliphatic rings. The number of thioether (sulfide) groups is 1. The van der Waals surface area contributed by atoms with Crippen LogP contribution in [0.3, 0.4) is 0 Å². The maximum absolute atomic E-state index is 5.69. The summed E-state index contributed by atoms with van der Waals surface area (Å²) in [4.78, 5) is 4.49. The molecule has 4 aromatic rings. The molecule has 1 N–H and O–H groups in total. The van der Waals surface area contributed by atoms with Crippen LogP contribution in [0, 0.1) is 0 Å². The number of nitrogens with zero attached hydrogens (tertiary/aromatic N) is 4. The predicted octanol–water partition coefficient (Wildman–Crippen LogP) is 3.74. The second-order valence-electron chi connectivity index (χ2n) is 5.38. The Morgan fingerprint density at radius 3 is 2.48 bits per heavy atom. The van der Waals surface area contributed by atoms with Crippen LogP contribution in [0.1, 0.15) is 17.3 Å². The number of benzene rings is 2. The van der Waals surface area contributed by atoms with Gasteiger partial charge in [-0.25, -0.2) is 4.98 Å². The van der Waals surface area contributed by atoms with E-state index in [1.54, 1.807) is 0 Å². The fourth-order valence-electron chi connectivity index (χ4n) is 2.35. The third kappa shape index (κ3) is 3.95. The molecule has 4 rings (SSSR count). The number of hydrogen-bond donors (Lipinski definition) is 1. The average Bonchev–Trinajstić information content (AvgIpc) is 3.31. The maximum Gasteiger partial charge on any atom is 0.247 e. The Morgan fingerprint density at radius 1 is 0.920 bits per heavy atom. The van der Waals surface area contributed by atoms with Crippen LogP contribution in [0.2, 0.25) is 0 Å². The van der Waals surface area contributed by atoms with E-state index < -0.39 is 0 Å². The average molecular weight is 349 g/mol. The van der Waals surface area contributed by atoms with Gasteiger partial charge in [-0.2, -0.15) is 0 Å². The van der Waals surface area contributed by atoms with Crippen molar-refractivity contribution >= 4 is 11.8 Å². The smallest absolute Gasteiger partial charge is 0.247 e. The molecule has 2 aromatic carbocycles. The van der Waals surface area contributed by atoms with E-state index in [1.807, 2.05) is 48.5 Å². The van der Waals surface area contributed by atoms with Gasteiger partial charge in [0.15, 0.2) is 0 Å². The van der Waals surface area contributed by atoms with Gasteiger partial charge in [0.2, 0.25) is 16.9 Å². The molecule has 0 amide bonds. The fourth-order valence-corrected chi connectivity index (χ4v) is 3.00. The monoisotopic (exact) mass is 349 g/mol. The quantitative estimate of drug-likeness (QED) is 0.534. The standard InChI is InChI=1S/C18H15N5OS/c1-3-7-13(8-4-1)11-15-19-18(23-20-15)25-12-16-21-22-17(24-16)14-9-5-2-6-10-14/h1-10H,11-12H2,(H,19,20,23). The highest BCUT2D eigenvalue weighted by atomic mass is 32.2. The minimum absolute atomic E-state index is 0.524. The summed E-state index contributed by atoms with van der Waals surface area (Å²) in [6.07, 6.45) is 0.729. The SMILES string of the molecule is c1ccc(Cc2nc(SCc3nnc(-c4ccccc4)o3)n[nH]2)cc1. The van der Waals surface area contributed by atoms with Gasteiger partial charge in [-0.05, 0) is 17.7 Å². The van der Waals surface area contributed by atoms with Crippen molar-refractivity contribution in [3.05, 3.63) is 77.9 Å². The van der Waals surface area contributed by atoms with Crippen molar-refractivity contribution in [2.75, 3.05) is 0 Å². The van der Waals surface area contributed by atoms with Crippen LogP contribution in [-0.2, 0) is 12.2 Å². The second-order valence-corrected chi connectivity index (χ2v) is 6.33. The highest BCUT2D eigenvalue weighted by Gasteiger charge is 2.11. The van der Waals surface area contributed by atoms with Gasteiger partial charge in [0.1, 0.15) is 5.82 Å². The van der Waals surface area contributed by atoms with Gasteiger partial charge in [0.05, 0.1) is 5.75 Å². The van der Waals surface area contributed by atoms with Gasteiger partial charge in [-0.3, -0.25) is 5.10 Å². The minimum Gasteiger partial charge on any atom is -0.420 e. The Labute approximate surface area is 148 Å². The first kappa shape index (κ1) is 15.6. The molecule has 124 valence electrons. The molecule has 0 aliphatic heterocycles. The molecule has 2 aromatic heterocycles. The summed E-state index contributed by atoms with van der Waals surface area (Å²) in [5.74, 6) is 2.45. The lowest BCUT2D eigenvalue weighted by molar-refractivity contribution is 0.528. The van der Waals surface area contributed by atoms with E-state index in [-0.39, 0.29) is 0 Å². The summed E-state index contributed by atoms with van der Waals surface area (Å²) >= 11 is 1.46. The molecule has 7 heteroatoms. The molecule has 0 bridgehead atoms. The lowest BCUT2D eigenvalue weighted by atomic mass is 10.1. The Morgan fingerprint density at radius 2 is 1.68 bits per heavy atom. The summed E-state index contributed by atoms with van der Waals surface area (Å²) in [5, 5.41) is 16.0. The zero-order valence-corrected chi connectivity index (χ0v) is 14.1. The lowest BCUT2D eigenvalue weighted by Gasteiger charge is -1.95. The van der Waals surface area contributed by atoms with Crippen molar-refractivity contribution < 1.29 is 4.42 Å². The van der Waals surface area contributed by atoms with Gasteiger partial charge in [-0.15, -0.1) is 15.3 Å². The summed E-state index contributed by atoms with van der Waals surface area (Å²) in [5.41, 5.74) is 2.11. The van der Waals surface area contributed by atoms with Crippen LogP contribution in [0.15, 0.2) is 70.2 Å². The van der Waals surface area contributed by atoms with Crippen LogP contribution in [0.4, 0.5) is 0 Å². The first-order valence-corrected chi connectivity index (χ1v) is 8.81. The molecule has 0 atom stereocenters. The summed E-state index contributed by atoms with van der Waals surface area (Å²) in [6, 6.07) is 19.9. The van der Waals surface area contributed by atoms with Crippen molar-refractivity contribution in [2.45, 2.75) is 17.3 Å². The van der Waals surface area contributed by atoms with Crippen LogP contribution in [0.25, 0.3) is 11.5 Å². The van der Waals surface area contributed by atoms with Crippen molar-refractivity contribution in [1.82, 2.24) is 25.4 Å². The Balaban J connectivity index is 1.37. The minimum atomic E-state index is 0.524. The van der Waals surface area contributed by atoms with E-state index in [0.717, 1.165) is 17.8 Å². The zero-order valence-electron chi connectivity index (χ0n) is 13.3. The topological polar surface area (TPSA) is 80.5 Å². The van der Waals surface area contributed by atoms with Crippen LogP contribution in [-0.4, -0.2) is 25.4 Å². The number of aromatic amines is 1. The summed E-state index contributed by atoms with van der Waals surface area (Å²) in [7, 11) is 0. The second kappa shape index (κ2) is 7.31. The molecule has 2 heterocycles. The number of aromatic nitrogens is 5. The van der Waals surface area contributed by atoms with Crippen LogP contribution < -0.4 is 0 Å². The fraction of sp³-hybridized carbons (Fsp3) is 0.111. The molecule has 0 saturated carbocycles. The Hall–Kier alpha value is -2.93. The molecule has 0 unspecified atom stereocenters. The molecule has 0 saturated heterocycles. The molecule has 0 fully saturated rings. The lowest BCUT2D eigenvalue weighted by Crippen LogP contribution is -1.90. The highest BCUT2D eigenvalue weighted by Crippen LogP contribution is 2.22. The number of nitrogens with one attached hydrogen (secondary N) is 1. The summed E-state index contributed by atoms with van der Waals surface area (Å²) < 4.78 is 5.69. The van der Waals surface area contributed by atoms with Crippen LogP contribution >= 0.6 is 11.8 Å². The van der Waals surface area contributed by atoms with E-state index in [4.69, 9.17) is 4.42 Å². The van der Waals surface area contributed by atoms with Gasteiger partial charge in [0, 0.05) is 12.0 Å². The molecule has 0 radical (unpaired) electrons. The third-order valence-corrected chi connectivity index (χ3v) is 4.37. The Bertz CT molecular complexity index is 936. The molecular weight excluding hydrogens is 334 g/mol. The largest absolute Gasteiger partial charge is 0.420 e. The molecule has 6 nitrogen and oxygen atoms in total. The van der Waals surface area contributed by atoms with Gasteiger partial charge >= 0.3 is 0 Å². The van der Waals surface area contributed by atoms with E-state index in [9.17, 15) is 0 Å². The van der Waals surface area contributed by atoms with Crippen molar-refractivity contribution in [3.8, 4) is 11.5 Å². The first-order chi connectivity index (χ1) is 12.4. The zero-order chi connectivity index (χ0) is 16.9. The van der Waals surface area contributed by atoms with Gasteiger partial charge in [0.25, 0.3) is 0 Å². The Kier molecular flexibility index (Phi) is 4.56. The van der Waals surface area contributed by atoms with E-state index in [1.165, 1.54) is 17.3 Å². The number of rotatable bonds is 6. The normalized spacial score (nSPS) is 10.9. The molecule has 0 aliphatic carbocycles. The van der Waals surface area contributed by atoms with E-state index in [2.05, 4.69) is 37.5 Å². The van der Waals surface area contributed by atoms with Crippen LogP contribution in [0.5, 0.6) is 0 Å². The number of H-pyrrole nitrogens is 1. The van der Waals surface area contributed by atoms with Gasteiger partial charge in [-0.1, -0.05) is 60.3 Å². The molecule has 25 heavy (non-hydrogen) atoms. The summed E-state index contributed by atoms with van der Waals surface area (Å²) in [6.45, 7) is 0. The van der Waals surface area contributed by atoms with E-state index in [0.29, 0.717) is 22.7 Å². The van der Waals surface area contributed by atoms with Crippen molar-refractivity contribution in [3.63, 3.8) is 0 Å². The first-order valence-electron chi connectivity index (χ1n) is 7.82. The molecular formula is C18H15N5OS. The van der Waals surface area contributed by atoms with E-state index >= 15 is 0 Å². The maximum atomic E-state index is 5.69.